The summed E-state index contributed by atoms with van der Waals surface area (Å²) in [5.74, 6) is 0. The number of hydrogen-bond donors (Lipinski definition) is 1. The first-order valence-corrected chi connectivity index (χ1v) is 6.61. The van der Waals surface area contributed by atoms with Gasteiger partial charge >= 0.3 is 0 Å². The Morgan fingerprint density at radius 3 is 1.95 bits per heavy atom. The summed E-state index contributed by atoms with van der Waals surface area (Å²) in [7, 11) is 0. The minimum absolute atomic E-state index is 0.106. The summed E-state index contributed by atoms with van der Waals surface area (Å²) in [6.07, 6.45) is 3.67. The molecule has 0 aliphatic heterocycles. The maximum Gasteiger partial charge on any atom is 0.0681 e. The zero-order chi connectivity index (χ0) is 13.5. The summed E-state index contributed by atoms with van der Waals surface area (Å²) in [6.45, 7) is 5.13. The van der Waals surface area contributed by atoms with Crippen LogP contribution in [0.1, 0.15) is 23.6 Å². The van der Waals surface area contributed by atoms with Gasteiger partial charge in [-0.15, -0.1) is 0 Å². The van der Waals surface area contributed by atoms with Crippen LogP contribution in [0.25, 0.3) is 0 Å². The van der Waals surface area contributed by atoms with E-state index >= 15 is 0 Å². The Kier molecular flexibility index (Phi) is 5.07. The van der Waals surface area contributed by atoms with Crippen molar-refractivity contribution in [2.45, 2.75) is 26.6 Å². The third-order valence-electron chi connectivity index (χ3n) is 3.21. The van der Waals surface area contributed by atoms with Crippen molar-refractivity contribution in [3.8, 4) is 0 Å². The van der Waals surface area contributed by atoms with Crippen molar-refractivity contribution in [3.05, 3.63) is 65.5 Å². The van der Waals surface area contributed by atoms with Gasteiger partial charge in [-0.25, -0.2) is 0 Å². The Morgan fingerprint density at radius 1 is 0.895 bits per heavy atom. The molecular formula is C16H20N2O. The van der Waals surface area contributed by atoms with Crippen LogP contribution in [0.2, 0.25) is 0 Å². The molecule has 0 aliphatic rings. The van der Waals surface area contributed by atoms with Crippen molar-refractivity contribution in [3.63, 3.8) is 0 Å². The quantitative estimate of drug-likeness (QED) is 0.863. The number of hydrogen-bond acceptors (Lipinski definition) is 3. The predicted molar refractivity (Wildman–Crippen MR) is 76.4 cm³/mol. The second-order valence-corrected chi connectivity index (χ2v) is 4.63. The molecule has 1 aromatic carbocycles. The van der Waals surface area contributed by atoms with Gasteiger partial charge in [-0.1, -0.05) is 31.2 Å². The van der Waals surface area contributed by atoms with Gasteiger partial charge in [0.15, 0.2) is 0 Å². The second kappa shape index (κ2) is 7.02. The molecule has 1 N–H and O–H groups in total. The highest BCUT2D eigenvalue weighted by molar-refractivity contribution is 5.22. The molecule has 0 atom stereocenters. The van der Waals surface area contributed by atoms with Crippen LogP contribution in [0.4, 0.5) is 0 Å². The lowest BCUT2D eigenvalue weighted by Gasteiger charge is -2.20. The molecule has 100 valence electrons. The van der Waals surface area contributed by atoms with Crippen LogP contribution in [-0.2, 0) is 19.7 Å². The van der Waals surface area contributed by atoms with Crippen molar-refractivity contribution >= 4 is 0 Å². The lowest BCUT2D eigenvalue weighted by Crippen LogP contribution is -2.22. The first-order chi connectivity index (χ1) is 9.31. The summed E-state index contributed by atoms with van der Waals surface area (Å²) >= 11 is 0. The summed E-state index contributed by atoms with van der Waals surface area (Å²) < 4.78 is 0. The molecule has 3 heteroatoms. The van der Waals surface area contributed by atoms with Gasteiger partial charge in [0.2, 0.25) is 0 Å². The van der Waals surface area contributed by atoms with Crippen molar-refractivity contribution in [2.24, 2.45) is 0 Å². The molecule has 1 aromatic heterocycles. The molecule has 0 bridgehead atoms. The zero-order valence-corrected chi connectivity index (χ0v) is 11.3. The summed E-state index contributed by atoms with van der Waals surface area (Å²) in [5.41, 5.74) is 3.51. The highest BCUT2D eigenvalue weighted by atomic mass is 16.3. The summed E-state index contributed by atoms with van der Waals surface area (Å²) in [5, 5.41) is 9.04. The molecule has 19 heavy (non-hydrogen) atoms. The van der Waals surface area contributed by atoms with Crippen molar-refractivity contribution < 1.29 is 5.11 Å². The molecule has 1 heterocycles. The number of aliphatic hydroxyl groups is 1. The highest BCUT2D eigenvalue weighted by Crippen LogP contribution is 2.10. The van der Waals surface area contributed by atoms with E-state index in [9.17, 15) is 0 Å². The van der Waals surface area contributed by atoms with Gasteiger partial charge < -0.3 is 5.11 Å². The van der Waals surface area contributed by atoms with E-state index in [1.807, 2.05) is 24.5 Å². The largest absolute Gasteiger partial charge is 0.392 e. The minimum Gasteiger partial charge on any atom is -0.392 e. The van der Waals surface area contributed by atoms with E-state index < -0.39 is 0 Å². The van der Waals surface area contributed by atoms with Crippen LogP contribution in [-0.4, -0.2) is 21.5 Å². The van der Waals surface area contributed by atoms with Gasteiger partial charge in [0.05, 0.1) is 6.61 Å². The van der Waals surface area contributed by atoms with Crippen molar-refractivity contribution in [1.82, 2.24) is 9.88 Å². The number of benzene rings is 1. The van der Waals surface area contributed by atoms with Gasteiger partial charge in [-0.3, -0.25) is 9.88 Å². The number of aromatic nitrogens is 1. The number of nitrogens with zero attached hydrogens (tertiary/aromatic N) is 2. The monoisotopic (exact) mass is 256 g/mol. The minimum atomic E-state index is 0.106. The average molecular weight is 256 g/mol. The number of rotatable bonds is 6. The molecular weight excluding hydrogens is 236 g/mol. The van der Waals surface area contributed by atoms with Gasteiger partial charge in [0, 0.05) is 25.5 Å². The van der Waals surface area contributed by atoms with Gasteiger partial charge in [-0.2, -0.15) is 0 Å². The fourth-order valence-electron chi connectivity index (χ4n) is 2.03. The molecule has 0 saturated carbocycles. The molecule has 0 fully saturated rings. The van der Waals surface area contributed by atoms with Crippen LogP contribution in [0.15, 0.2) is 48.8 Å². The Bertz CT molecular complexity index is 482. The molecule has 0 amide bonds. The average Bonchev–Trinajstić information content (AvgIpc) is 2.48. The first kappa shape index (κ1) is 13.7. The second-order valence-electron chi connectivity index (χ2n) is 4.63. The van der Waals surface area contributed by atoms with Gasteiger partial charge in [0.1, 0.15) is 0 Å². The fraction of sp³-hybridized carbons (Fsp3) is 0.312. The van der Waals surface area contributed by atoms with E-state index in [1.165, 1.54) is 11.1 Å². The van der Waals surface area contributed by atoms with Crippen LogP contribution >= 0.6 is 0 Å². The highest BCUT2D eigenvalue weighted by Gasteiger charge is 2.05. The fourth-order valence-corrected chi connectivity index (χ4v) is 2.03. The van der Waals surface area contributed by atoms with Crippen LogP contribution < -0.4 is 0 Å². The Balaban J connectivity index is 1.98. The lowest BCUT2D eigenvalue weighted by molar-refractivity contribution is 0.270. The molecule has 2 rings (SSSR count). The molecule has 2 aromatic rings. The van der Waals surface area contributed by atoms with Crippen molar-refractivity contribution in [1.29, 1.82) is 0 Å². The third-order valence-corrected chi connectivity index (χ3v) is 3.21. The van der Waals surface area contributed by atoms with E-state index in [4.69, 9.17) is 5.11 Å². The topological polar surface area (TPSA) is 36.4 Å². The Labute approximate surface area is 114 Å². The van der Waals surface area contributed by atoms with E-state index in [0.717, 1.165) is 25.2 Å². The number of pyridine rings is 1. The molecule has 3 nitrogen and oxygen atoms in total. The molecule has 0 radical (unpaired) electrons. The van der Waals surface area contributed by atoms with E-state index in [-0.39, 0.29) is 6.61 Å². The van der Waals surface area contributed by atoms with E-state index in [2.05, 4.69) is 41.1 Å². The van der Waals surface area contributed by atoms with Crippen LogP contribution in [0.5, 0.6) is 0 Å². The van der Waals surface area contributed by atoms with Crippen LogP contribution in [0.3, 0.4) is 0 Å². The maximum atomic E-state index is 9.04. The SMILES string of the molecule is CCN(Cc1ccncc1)Cc1ccc(CO)cc1. The molecule has 0 aliphatic carbocycles. The molecule has 0 saturated heterocycles. The van der Waals surface area contributed by atoms with Gasteiger partial charge in [-0.05, 0) is 35.4 Å². The first-order valence-electron chi connectivity index (χ1n) is 6.61. The zero-order valence-electron chi connectivity index (χ0n) is 11.3. The molecule has 0 spiro atoms. The standard InChI is InChI=1S/C16H20N2O/c1-2-18(12-15-7-9-17-10-8-15)11-14-3-5-16(13-19)6-4-14/h3-10,19H,2,11-13H2,1H3. The molecule has 0 unspecified atom stereocenters. The third kappa shape index (κ3) is 4.16. The predicted octanol–water partition coefficient (Wildman–Crippen LogP) is 2.60. The van der Waals surface area contributed by atoms with Gasteiger partial charge in [0.25, 0.3) is 0 Å². The van der Waals surface area contributed by atoms with Crippen molar-refractivity contribution in [2.75, 3.05) is 6.54 Å². The summed E-state index contributed by atoms with van der Waals surface area (Å²) in [6, 6.07) is 12.2. The normalized spacial score (nSPS) is 10.9. The maximum absolute atomic E-state index is 9.04. The Hall–Kier alpha value is -1.71. The smallest absolute Gasteiger partial charge is 0.0681 e. The number of aliphatic hydroxyl groups excluding tert-OH is 1. The Morgan fingerprint density at radius 2 is 1.42 bits per heavy atom. The van der Waals surface area contributed by atoms with E-state index in [1.54, 1.807) is 0 Å². The summed E-state index contributed by atoms with van der Waals surface area (Å²) in [4.78, 5) is 6.42. The lowest BCUT2D eigenvalue weighted by atomic mass is 10.1. The van der Waals surface area contributed by atoms with Crippen LogP contribution in [0, 0.1) is 0 Å². The van der Waals surface area contributed by atoms with E-state index in [0.29, 0.717) is 0 Å².